The van der Waals surface area contributed by atoms with E-state index < -0.39 is 0 Å². The van der Waals surface area contributed by atoms with Crippen LogP contribution in [0.3, 0.4) is 0 Å². The fraction of sp³-hybridized carbons (Fsp3) is 0.632. The maximum atomic E-state index is 4.90. The van der Waals surface area contributed by atoms with E-state index in [1.807, 2.05) is 11.3 Å². The summed E-state index contributed by atoms with van der Waals surface area (Å²) in [6.45, 7) is 2.96. The molecule has 2 N–H and O–H groups in total. The first-order valence-electron chi connectivity index (χ1n) is 9.68. The van der Waals surface area contributed by atoms with Gasteiger partial charge in [-0.05, 0) is 45.1 Å². The Bertz CT molecular complexity index is 769. The van der Waals surface area contributed by atoms with Crippen molar-refractivity contribution in [2.24, 2.45) is 0 Å². The zero-order valence-electron chi connectivity index (χ0n) is 15.4. The molecule has 0 aromatic carbocycles. The van der Waals surface area contributed by atoms with Crippen LogP contribution in [0.5, 0.6) is 0 Å². The smallest absolute Gasteiger partial charge is 0.134 e. The molecule has 2 aromatic rings. The third-order valence-electron chi connectivity index (χ3n) is 5.41. The number of anilines is 1. The molecule has 148 valence electrons. The number of thiazole rings is 1. The van der Waals surface area contributed by atoms with Gasteiger partial charge in [0.25, 0.3) is 0 Å². The molecule has 1 saturated carbocycles. The minimum absolute atomic E-state index is 0. The van der Waals surface area contributed by atoms with E-state index in [1.54, 1.807) is 0 Å². The van der Waals surface area contributed by atoms with Gasteiger partial charge in [-0.3, -0.25) is 0 Å². The second kappa shape index (κ2) is 9.03. The Morgan fingerprint density at radius 2 is 1.81 bits per heavy atom. The van der Waals surface area contributed by atoms with Crippen molar-refractivity contribution in [2.45, 2.75) is 57.3 Å². The van der Waals surface area contributed by atoms with E-state index in [1.165, 1.54) is 58.9 Å². The van der Waals surface area contributed by atoms with Gasteiger partial charge in [0.1, 0.15) is 11.6 Å². The molecule has 2 aromatic heterocycles. The van der Waals surface area contributed by atoms with Gasteiger partial charge in [-0.15, -0.1) is 36.2 Å². The molecule has 0 saturated heterocycles. The molecule has 0 atom stereocenters. The summed E-state index contributed by atoms with van der Waals surface area (Å²) in [5.74, 6) is 2.75. The number of rotatable bonds is 5. The average molecular weight is 428 g/mol. The van der Waals surface area contributed by atoms with Crippen LogP contribution < -0.4 is 10.6 Å². The van der Waals surface area contributed by atoms with Crippen LogP contribution in [0.25, 0.3) is 0 Å². The first kappa shape index (κ1) is 20.8. The highest BCUT2D eigenvalue weighted by atomic mass is 35.5. The average Bonchev–Trinajstić information content (AvgIpc) is 3.31. The molecule has 0 radical (unpaired) electrons. The Kier molecular flexibility index (Phi) is 6.95. The fourth-order valence-electron chi connectivity index (χ4n) is 3.87. The van der Waals surface area contributed by atoms with Crippen molar-refractivity contribution in [3.05, 3.63) is 32.7 Å². The number of aromatic nitrogens is 3. The fourth-order valence-corrected chi connectivity index (χ4v) is 5.03. The lowest BCUT2D eigenvalue weighted by molar-refractivity contribution is 0.707. The van der Waals surface area contributed by atoms with Gasteiger partial charge in [-0.2, -0.15) is 0 Å². The van der Waals surface area contributed by atoms with E-state index in [0.29, 0.717) is 5.92 Å². The van der Waals surface area contributed by atoms with E-state index >= 15 is 0 Å². The van der Waals surface area contributed by atoms with Gasteiger partial charge < -0.3 is 10.6 Å². The highest BCUT2D eigenvalue weighted by Gasteiger charge is 2.29. The van der Waals surface area contributed by atoms with Crippen molar-refractivity contribution in [3.63, 3.8) is 0 Å². The number of hydrogen-bond donors (Lipinski definition) is 2. The van der Waals surface area contributed by atoms with Crippen molar-refractivity contribution in [2.75, 3.05) is 25.0 Å². The number of aryl methyl sites for hydroxylation is 2. The molecular formula is C19H27Cl2N5S. The molecule has 2 aliphatic carbocycles. The zero-order valence-corrected chi connectivity index (χ0v) is 17.9. The second-order valence-electron chi connectivity index (χ2n) is 7.39. The van der Waals surface area contributed by atoms with E-state index in [-0.39, 0.29) is 24.8 Å². The molecule has 0 bridgehead atoms. The predicted molar refractivity (Wildman–Crippen MR) is 115 cm³/mol. The van der Waals surface area contributed by atoms with Crippen LogP contribution in [0, 0.1) is 0 Å². The number of halogens is 2. The van der Waals surface area contributed by atoms with Gasteiger partial charge >= 0.3 is 0 Å². The summed E-state index contributed by atoms with van der Waals surface area (Å²) in [6, 6.07) is 0. The Morgan fingerprint density at radius 1 is 0.963 bits per heavy atom. The van der Waals surface area contributed by atoms with Gasteiger partial charge in [-0.25, -0.2) is 15.0 Å². The van der Waals surface area contributed by atoms with Gasteiger partial charge in [0, 0.05) is 42.3 Å². The maximum absolute atomic E-state index is 4.90. The molecule has 0 amide bonds. The van der Waals surface area contributed by atoms with Crippen molar-refractivity contribution in [1.82, 2.24) is 20.3 Å². The number of fused-ring (bicyclic) bond motifs is 2. The van der Waals surface area contributed by atoms with Crippen LogP contribution in [0.4, 0.5) is 5.82 Å². The summed E-state index contributed by atoms with van der Waals surface area (Å²) in [5, 5.41) is 8.39. The molecule has 8 heteroatoms. The van der Waals surface area contributed by atoms with E-state index in [4.69, 9.17) is 15.0 Å². The number of hydrogen-bond acceptors (Lipinski definition) is 6. The van der Waals surface area contributed by atoms with Crippen LogP contribution >= 0.6 is 36.2 Å². The monoisotopic (exact) mass is 427 g/mol. The second-order valence-corrected chi connectivity index (χ2v) is 8.56. The summed E-state index contributed by atoms with van der Waals surface area (Å²) in [6.07, 6.45) is 9.24. The van der Waals surface area contributed by atoms with Crippen LogP contribution in [-0.2, 0) is 32.1 Å². The maximum Gasteiger partial charge on any atom is 0.134 e. The van der Waals surface area contributed by atoms with Crippen molar-refractivity contribution >= 4 is 42.0 Å². The van der Waals surface area contributed by atoms with Gasteiger partial charge in [0.05, 0.1) is 16.4 Å². The Labute approximate surface area is 177 Å². The first-order chi connectivity index (χ1) is 12.4. The molecular weight excluding hydrogens is 401 g/mol. The quantitative estimate of drug-likeness (QED) is 0.764. The minimum Gasteiger partial charge on any atom is -0.369 e. The SMILES string of the molecule is C1Cc2nc(CCNc3nc(C4CC4)nc4c3CCNCC4)sc2C1.Cl.Cl. The molecule has 5 rings (SSSR count). The standard InChI is InChI=1S/C19H25N5S.2ClH/c1-2-15-16(3-1)25-17(22-15)8-11-21-19-13-6-9-20-10-7-14(13)23-18(24-19)12-4-5-12;;/h12,20H,1-11H2,(H,21,23,24);2*1H. The molecule has 3 heterocycles. The van der Waals surface area contributed by atoms with Crippen LogP contribution in [0.15, 0.2) is 0 Å². The van der Waals surface area contributed by atoms with Crippen molar-refractivity contribution in [1.29, 1.82) is 0 Å². The summed E-state index contributed by atoms with van der Waals surface area (Å²) in [7, 11) is 0. The Hall–Kier alpha value is -0.950. The molecule has 0 spiro atoms. The molecule has 5 nitrogen and oxygen atoms in total. The largest absolute Gasteiger partial charge is 0.369 e. The summed E-state index contributed by atoms with van der Waals surface area (Å²) < 4.78 is 0. The molecule has 0 unspecified atom stereocenters. The lowest BCUT2D eigenvalue weighted by Gasteiger charge is -2.14. The van der Waals surface area contributed by atoms with Crippen LogP contribution in [-0.4, -0.2) is 34.6 Å². The normalized spacial score (nSPS) is 17.9. The number of nitrogens with one attached hydrogen (secondary N) is 2. The van der Waals surface area contributed by atoms with Crippen LogP contribution in [0.1, 0.15) is 57.8 Å². The van der Waals surface area contributed by atoms with Gasteiger partial charge in [-0.1, -0.05) is 0 Å². The Morgan fingerprint density at radius 3 is 2.63 bits per heavy atom. The third-order valence-corrected chi connectivity index (χ3v) is 6.63. The minimum atomic E-state index is 0. The van der Waals surface area contributed by atoms with Crippen molar-refractivity contribution < 1.29 is 0 Å². The van der Waals surface area contributed by atoms with Crippen LogP contribution in [0.2, 0.25) is 0 Å². The molecule has 27 heavy (non-hydrogen) atoms. The van der Waals surface area contributed by atoms with E-state index in [9.17, 15) is 0 Å². The summed E-state index contributed by atoms with van der Waals surface area (Å²) in [4.78, 5) is 16.1. The molecule has 3 aliphatic rings. The Balaban J connectivity index is 0.00000105. The van der Waals surface area contributed by atoms with Gasteiger partial charge in [0.2, 0.25) is 0 Å². The summed E-state index contributed by atoms with van der Waals surface area (Å²) >= 11 is 1.91. The van der Waals surface area contributed by atoms with E-state index in [0.717, 1.165) is 50.5 Å². The van der Waals surface area contributed by atoms with Gasteiger partial charge in [0.15, 0.2) is 0 Å². The molecule has 1 fully saturated rings. The highest BCUT2D eigenvalue weighted by Crippen LogP contribution is 2.39. The van der Waals surface area contributed by atoms with Crippen molar-refractivity contribution in [3.8, 4) is 0 Å². The molecule has 1 aliphatic heterocycles. The zero-order chi connectivity index (χ0) is 16.6. The number of nitrogens with zero attached hydrogens (tertiary/aromatic N) is 3. The first-order valence-corrected chi connectivity index (χ1v) is 10.5. The predicted octanol–water partition coefficient (Wildman–Crippen LogP) is 3.49. The third kappa shape index (κ3) is 4.56. The topological polar surface area (TPSA) is 62.7 Å². The van der Waals surface area contributed by atoms with E-state index in [2.05, 4.69) is 10.6 Å². The lowest BCUT2D eigenvalue weighted by atomic mass is 10.1. The highest BCUT2D eigenvalue weighted by molar-refractivity contribution is 7.11. The lowest BCUT2D eigenvalue weighted by Crippen LogP contribution is -2.16. The summed E-state index contributed by atoms with van der Waals surface area (Å²) in [5.41, 5.74) is 3.95.